The van der Waals surface area contributed by atoms with E-state index in [9.17, 15) is 0 Å². The first kappa shape index (κ1) is 10.8. The number of hydrogen-bond acceptors (Lipinski definition) is 2. The summed E-state index contributed by atoms with van der Waals surface area (Å²) >= 11 is 1.86. The maximum absolute atomic E-state index is 4.31. The average molecular weight is 134 g/mol. The van der Waals surface area contributed by atoms with Crippen LogP contribution in [-0.2, 0) is 4.74 Å². The van der Waals surface area contributed by atoms with Gasteiger partial charge in [-0.25, -0.2) is 0 Å². The molecule has 0 saturated heterocycles. The molecule has 0 aromatic rings. The average Bonchev–Trinajstić information content (AvgIpc) is 1.88. The van der Waals surface area contributed by atoms with Gasteiger partial charge in [0.2, 0.25) is 0 Å². The minimum absolute atomic E-state index is 1.24. The molecular weight excluding hydrogens is 120 g/mol. The van der Waals surface area contributed by atoms with Crippen LogP contribution in [0, 0.1) is 0 Å². The van der Waals surface area contributed by atoms with Crippen molar-refractivity contribution in [2.24, 2.45) is 0 Å². The summed E-state index contributed by atoms with van der Waals surface area (Å²) in [5.74, 6) is 1.24. The van der Waals surface area contributed by atoms with Gasteiger partial charge in [-0.1, -0.05) is 13.5 Å². The van der Waals surface area contributed by atoms with Crippen LogP contribution >= 0.6 is 11.8 Å². The standard InChI is InChI=1S/C3H6O.C3H8S/c2*1-3-4-2/h3H,1H2,2H3;3H2,1-2H3. The van der Waals surface area contributed by atoms with Crippen molar-refractivity contribution >= 4 is 11.8 Å². The molecule has 0 fully saturated rings. The third-order valence-corrected chi connectivity index (χ3v) is 1.03. The van der Waals surface area contributed by atoms with Crippen molar-refractivity contribution in [1.29, 1.82) is 0 Å². The number of hydrogen-bond donors (Lipinski definition) is 0. The van der Waals surface area contributed by atoms with Gasteiger partial charge in [0.25, 0.3) is 0 Å². The van der Waals surface area contributed by atoms with Crippen molar-refractivity contribution in [3.63, 3.8) is 0 Å². The van der Waals surface area contributed by atoms with Crippen molar-refractivity contribution in [3.8, 4) is 0 Å². The number of methoxy groups -OCH3 is 1. The van der Waals surface area contributed by atoms with Gasteiger partial charge >= 0.3 is 0 Å². The van der Waals surface area contributed by atoms with Crippen LogP contribution in [-0.4, -0.2) is 19.1 Å². The Morgan fingerprint density at radius 3 is 2.00 bits per heavy atom. The van der Waals surface area contributed by atoms with E-state index in [1.54, 1.807) is 7.11 Å². The number of ether oxygens (including phenoxy) is 1. The van der Waals surface area contributed by atoms with Crippen molar-refractivity contribution in [2.45, 2.75) is 6.92 Å². The second-order valence-electron chi connectivity index (χ2n) is 0.980. The molecule has 0 aliphatic heterocycles. The summed E-state index contributed by atoms with van der Waals surface area (Å²) < 4.78 is 4.31. The maximum atomic E-state index is 4.31. The largest absolute Gasteiger partial charge is 0.505 e. The van der Waals surface area contributed by atoms with E-state index in [-0.39, 0.29) is 0 Å². The van der Waals surface area contributed by atoms with Gasteiger partial charge in [0.15, 0.2) is 0 Å². The summed E-state index contributed by atoms with van der Waals surface area (Å²) in [6.07, 6.45) is 3.47. The monoisotopic (exact) mass is 134 g/mol. The smallest absolute Gasteiger partial charge is 0.0766 e. The number of thioether (sulfide) groups is 1. The second kappa shape index (κ2) is 15.8. The van der Waals surface area contributed by atoms with Crippen LogP contribution in [0.15, 0.2) is 12.8 Å². The summed E-state index contributed by atoms with van der Waals surface area (Å²) in [4.78, 5) is 0. The molecule has 8 heavy (non-hydrogen) atoms. The molecule has 2 heteroatoms. The van der Waals surface area contributed by atoms with Gasteiger partial charge in [0.05, 0.1) is 13.4 Å². The molecule has 0 bridgehead atoms. The van der Waals surface area contributed by atoms with Crippen LogP contribution in [0.5, 0.6) is 0 Å². The molecule has 1 nitrogen and oxygen atoms in total. The molecule has 0 aromatic heterocycles. The third-order valence-electron chi connectivity index (χ3n) is 0.455. The van der Waals surface area contributed by atoms with Crippen LogP contribution < -0.4 is 0 Å². The Hall–Kier alpha value is -0.110. The molecule has 0 amide bonds. The van der Waals surface area contributed by atoms with E-state index in [4.69, 9.17) is 0 Å². The van der Waals surface area contributed by atoms with E-state index in [0.717, 1.165) is 0 Å². The van der Waals surface area contributed by atoms with Crippen LogP contribution in [0.25, 0.3) is 0 Å². The van der Waals surface area contributed by atoms with Gasteiger partial charge in [0, 0.05) is 0 Å². The van der Waals surface area contributed by atoms with Gasteiger partial charge in [-0.2, -0.15) is 11.8 Å². The highest BCUT2D eigenvalue weighted by Crippen LogP contribution is 1.83. The molecule has 0 saturated carbocycles. The lowest BCUT2D eigenvalue weighted by Gasteiger charge is -1.73. The molecule has 0 heterocycles. The maximum Gasteiger partial charge on any atom is 0.0766 e. The van der Waals surface area contributed by atoms with Gasteiger partial charge < -0.3 is 4.74 Å². The predicted octanol–water partition coefficient (Wildman–Crippen LogP) is 2.15. The van der Waals surface area contributed by atoms with E-state index in [0.29, 0.717) is 0 Å². The Balaban J connectivity index is 0. The highest BCUT2D eigenvalue weighted by Gasteiger charge is 1.55. The van der Waals surface area contributed by atoms with Crippen LogP contribution in [0.1, 0.15) is 6.92 Å². The molecule has 0 unspecified atom stereocenters. The molecular formula is C6H14OS. The molecule has 0 N–H and O–H groups in total. The van der Waals surface area contributed by atoms with Crippen molar-refractivity contribution in [2.75, 3.05) is 19.1 Å². The highest BCUT2D eigenvalue weighted by atomic mass is 32.2. The fourth-order valence-electron chi connectivity index (χ4n) is 0. The Kier molecular flexibility index (Phi) is 21.3. The molecule has 50 valence electrons. The second-order valence-corrected chi connectivity index (χ2v) is 2.13. The van der Waals surface area contributed by atoms with E-state index >= 15 is 0 Å². The Labute approximate surface area is 56.1 Å². The zero-order chi connectivity index (χ0) is 6.83. The summed E-state index contributed by atoms with van der Waals surface area (Å²) in [6.45, 7) is 5.40. The molecule has 0 aliphatic carbocycles. The van der Waals surface area contributed by atoms with Gasteiger partial charge in [-0.05, 0) is 12.0 Å². The normalized spacial score (nSPS) is 6.38. The molecule has 0 radical (unpaired) electrons. The van der Waals surface area contributed by atoms with Crippen molar-refractivity contribution in [3.05, 3.63) is 12.8 Å². The first-order valence-electron chi connectivity index (χ1n) is 2.46. The molecule has 0 spiro atoms. The lowest BCUT2D eigenvalue weighted by Crippen LogP contribution is -1.54. The highest BCUT2D eigenvalue weighted by molar-refractivity contribution is 7.98. The summed E-state index contributed by atoms with van der Waals surface area (Å²) in [6, 6.07) is 0. The SMILES string of the molecule is C=COC.CCSC. The summed E-state index contributed by atoms with van der Waals surface area (Å²) in [5.41, 5.74) is 0. The van der Waals surface area contributed by atoms with Crippen molar-refractivity contribution in [1.82, 2.24) is 0 Å². The topological polar surface area (TPSA) is 9.23 Å². The predicted molar refractivity (Wildman–Crippen MR) is 41.3 cm³/mol. The van der Waals surface area contributed by atoms with E-state index in [1.165, 1.54) is 12.0 Å². The van der Waals surface area contributed by atoms with E-state index in [1.807, 2.05) is 11.8 Å². The van der Waals surface area contributed by atoms with Crippen LogP contribution in [0.4, 0.5) is 0 Å². The molecule has 0 rings (SSSR count). The Morgan fingerprint density at radius 2 is 2.00 bits per heavy atom. The number of rotatable bonds is 2. The van der Waals surface area contributed by atoms with E-state index in [2.05, 4.69) is 24.5 Å². The first-order chi connectivity index (χ1) is 3.83. The van der Waals surface area contributed by atoms with E-state index < -0.39 is 0 Å². The third kappa shape index (κ3) is 39.4. The van der Waals surface area contributed by atoms with Gasteiger partial charge in [-0.3, -0.25) is 0 Å². The van der Waals surface area contributed by atoms with Gasteiger partial charge in [-0.15, -0.1) is 0 Å². The first-order valence-corrected chi connectivity index (χ1v) is 3.85. The Bertz CT molecular complexity index is 35.5. The molecule has 0 aromatic carbocycles. The van der Waals surface area contributed by atoms with Crippen LogP contribution in [0.2, 0.25) is 0 Å². The summed E-state index contributed by atoms with van der Waals surface area (Å²) in [7, 11) is 1.56. The minimum atomic E-state index is 1.24. The Morgan fingerprint density at radius 1 is 1.75 bits per heavy atom. The summed E-state index contributed by atoms with van der Waals surface area (Å²) in [5, 5.41) is 0. The lowest BCUT2D eigenvalue weighted by atomic mass is 11.0. The fourth-order valence-corrected chi connectivity index (χ4v) is 0. The quantitative estimate of drug-likeness (QED) is 0.535. The van der Waals surface area contributed by atoms with Crippen LogP contribution in [0.3, 0.4) is 0 Å². The zero-order valence-corrected chi connectivity index (χ0v) is 6.62. The fraction of sp³-hybridized carbons (Fsp3) is 0.667. The van der Waals surface area contributed by atoms with Gasteiger partial charge in [0.1, 0.15) is 0 Å². The lowest BCUT2D eigenvalue weighted by molar-refractivity contribution is 0.339. The molecule has 0 aliphatic rings. The molecule has 0 atom stereocenters. The zero-order valence-electron chi connectivity index (χ0n) is 5.81. The van der Waals surface area contributed by atoms with Crippen molar-refractivity contribution < 1.29 is 4.74 Å². The minimum Gasteiger partial charge on any atom is -0.505 e.